The molecule has 0 aliphatic heterocycles. The molecule has 106 valence electrons. The van der Waals surface area contributed by atoms with Gasteiger partial charge in [-0.15, -0.1) is 0 Å². The van der Waals surface area contributed by atoms with Gasteiger partial charge in [-0.05, 0) is 17.9 Å². The zero-order valence-corrected chi connectivity index (χ0v) is 12.9. The van der Waals surface area contributed by atoms with Gasteiger partial charge in [-0.25, -0.2) is 4.98 Å². The van der Waals surface area contributed by atoms with E-state index >= 15 is 0 Å². The average molecular weight is 270 g/mol. The van der Waals surface area contributed by atoms with Gasteiger partial charge in [0.1, 0.15) is 5.82 Å². The maximum absolute atomic E-state index is 12.4. The SMILES string of the molecule is Cc1ccc(Cc2ncc(C(C)(C)C)c(=O)n2C)cc1. The molecule has 1 aromatic carbocycles. The number of rotatable bonds is 2. The fourth-order valence-electron chi connectivity index (χ4n) is 2.15. The van der Waals surface area contributed by atoms with E-state index in [0.29, 0.717) is 6.42 Å². The molecule has 20 heavy (non-hydrogen) atoms. The first-order valence-electron chi connectivity index (χ1n) is 6.90. The molecule has 0 aliphatic carbocycles. The van der Waals surface area contributed by atoms with Gasteiger partial charge in [0, 0.05) is 25.2 Å². The highest BCUT2D eigenvalue weighted by Gasteiger charge is 2.20. The van der Waals surface area contributed by atoms with Crippen molar-refractivity contribution >= 4 is 0 Å². The first-order chi connectivity index (χ1) is 9.29. The molecule has 0 aliphatic rings. The minimum Gasteiger partial charge on any atom is -0.299 e. The molecule has 0 fully saturated rings. The molecule has 0 N–H and O–H groups in total. The predicted molar refractivity (Wildman–Crippen MR) is 82.2 cm³/mol. The summed E-state index contributed by atoms with van der Waals surface area (Å²) in [5, 5.41) is 0. The minimum atomic E-state index is -0.176. The molecule has 0 saturated heterocycles. The molecule has 3 nitrogen and oxygen atoms in total. The lowest BCUT2D eigenvalue weighted by molar-refractivity contribution is 0.562. The summed E-state index contributed by atoms with van der Waals surface area (Å²) in [5.41, 5.74) is 3.03. The third-order valence-corrected chi connectivity index (χ3v) is 3.56. The second-order valence-corrected chi connectivity index (χ2v) is 6.36. The van der Waals surface area contributed by atoms with E-state index in [2.05, 4.69) is 36.2 Å². The lowest BCUT2D eigenvalue weighted by Crippen LogP contribution is -2.31. The molecule has 0 radical (unpaired) electrons. The van der Waals surface area contributed by atoms with E-state index in [1.807, 2.05) is 20.8 Å². The minimum absolute atomic E-state index is 0.0506. The van der Waals surface area contributed by atoms with Crippen LogP contribution in [-0.4, -0.2) is 9.55 Å². The maximum Gasteiger partial charge on any atom is 0.256 e. The normalized spacial score (nSPS) is 11.7. The van der Waals surface area contributed by atoms with Crippen LogP contribution in [0.2, 0.25) is 0 Å². The standard InChI is InChI=1S/C17H22N2O/c1-12-6-8-13(9-7-12)10-15-18-11-14(17(2,3)4)16(20)19(15)5/h6-9,11H,10H2,1-5H3. The lowest BCUT2D eigenvalue weighted by atomic mass is 9.89. The van der Waals surface area contributed by atoms with Crippen LogP contribution in [0.15, 0.2) is 35.3 Å². The first-order valence-corrected chi connectivity index (χ1v) is 6.90. The van der Waals surface area contributed by atoms with Gasteiger partial charge in [-0.2, -0.15) is 0 Å². The van der Waals surface area contributed by atoms with Gasteiger partial charge in [-0.1, -0.05) is 50.6 Å². The van der Waals surface area contributed by atoms with Gasteiger partial charge in [0.15, 0.2) is 0 Å². The van der Waals surface area contributed by atoms with Crippen LogP contribution in [0.1, 0.15) is 43.3 Å². The van der Waals surface area contributed by atoms with Gasteiger partial charge in [0.2, 0.25) is 0 Å². The molecule has 0 bridgehead atoms. The molecule has 0 atom stereocenters. The predicted octanol–water partition coefficient (Wildman–Crippen LogP) is 2.98. The third kappa shape index (κ3) is 2.98. The molecular weight excluding hydrogens is 248 g/mol. The van der Waals surface area contributed by atoms with Crippen LogP contribution >= 0.6 is 0 Å². The Hall–Kier alpha value is -1.90. The van der Waals surface area contributed by atoms with Crippen molar-refractivity contribution in [2.75, 3.05) is 0 Å². The molecule has 1 heterocycles. The Balaban J connectivity index is 2.37. The number of hydrogen-bond acceptors (Lipinski definition) is 2. The quantitative estimate of drug-likeness (QED) is 0.841. The molecule has 2 rings (SSSR count). The number of benzene rings is 1. The fourth-order valence-corrected chi connectivity index (χ4v) is 2.15. The van der Waals surface area contributed by atoms with E-state index in [1.165, 1.54) is 11.1 Å². The van der Waals surface area contributed by atoms with Crippen LogP contribution in [-0.2, 0) is 18.9 Å². The van der Waals surface area contributed by atoms with Crippen molar-refractivity contribution in [1.82, 2.24) is 9.55 Å². The smallest absolute Gasteiger partial charge is 0.256 e. The van der Waals surface area contributed by atoms with E-state index in [4.69, 9.17) is 0 Å². The molecule has 0 amide bonds. The molecule has 0 unspecified atom stereocenters. The van der Waals surface area contributed by atoms with Gasteiger partial charge in [0.25, 0.3) is 5.56 Å². The van der Waals surface area contributed by atoms with Gasteiger partial charge < -0.3 is 0 Å². The molecular formula is C17H22N2O. The van der Waals surface area contributed by atoms with E-state index in [1.54, 1.807) is 17.8 Å². The van der Waals surface area contributed by atoms with E-state index in [9.17, 15) is 4.79 Å². The topological polar surface area (TPSA) is 34.9 Å². The highest BCUT2D eigenvalue weighted by molar-refractivity contribution is 5.25. The van der Waals surface area contributed by atoms with Gasteiger partial charge >= 0.3 is 0 Å². The van der Waals surface area contributed by atoms with E-state index in [-0.39, 0.29) is 11.0 Å². The largest absolute Gasteiger partial charge is 0.299 e. The maximum atomic E-state index is 12.4. The second-order valence-electron chi connectivity index (χ2n) is 6.36. The van der Waals surface area contributed by atoms with Gasteiger partial charge in [0.05, 0.1) is 0 Å². The van der Waals surface area contributed by atoms with Crippen LogP contribution < -0.4 is 5.56 Å². The summed E-state index contributed by atoms with van der Waals surface area (Å²) in [6.07, 6.45) is 2.41. The fraction of sp³-hybridized carbons (Fsp3) is 0.412. The van der Waals surface area contributed by atoms with Crippen molar-refractivity contribution in [3.05, 3.63) is 63.3 Å². The average Bonchev–Trinajstić information content (AvgIpc) is 2.36. The zero-order chi connectivity index (χ0) is 14.9. The number of nitrogens with zero attached hydrogens (tertiary/aromatic N) is 2. The van der Waals surface area contributed by atoms with Gasteiger partial charge in [-0.3, -0.25) is 9.36 Å². The Morgan fingerprint density at radius 2 is 1.75 bits per heavy atom. The monoisotopic (exact) mass is 270 g/mol. The van der Waals surface area contributed by atoms with Crippen LogP contribution in [0, 0.1) is 6.92 Å². The van der Waals surface area contributed by atoms with E-state index < -0.39 is 0 Å². The van der Waals surface area contributed by atoms with Crippen LogP contribution in [0.3, 0.4) is 0 Å². The number of aromatic nitrogens is 2. The molecule has 3 heteroatoms. The van der Waals surface area contributed by atoms with E-state index in [0.717, 1.165) is 11.4 Å². The van der Waals surface area contributed by atoms with Crippen LogP contribution in [0.5, 0.6) is 0 Å². The number of hydrogen-bond donors (Lipinski definition) is 0. The molecule has 0 saturated carbocycles. The zero-order valence-electron chi connectivity index (χ0n) is 12.9. The van der Waals surface area contributed by atoms with Crippen LogP contribution in [0.25, 0.3) is 0 Å². The Labute approximate surface area is 120 Å². The Bertz CT molecular complexity index is 661. The summed E-state index contributed by atoms with van der Waals surface area (Å²) in [4.78, 5) is 16.9. The third-order valence-electron chi connectivity index (χ3n) is 3.56. The molecule has 2 aromatic rings. The summed E-state index contributed by atoms with van der Waals surface area (Å²) >= 11 is 0. The highest BCUT2D eigenvalue weighted by Crippen LogP contribution is 2.18. The summed E-state index contributed by atoms with van der Waals surface area (Å²) in [6.45, 7) is 8.16. The van der Waals surface area contributed by atoms with Crippen molar-refractivity contribution in [1.29, 1.82) is 0 Å². The summed E-state index contributed by atoms with van der Waals surface area (Å²) < 4.78 is 1.67. The lowest BCUT2D eigenvalue weighted by Gasteiger charge is -2.19. The Morgan fingerprint density at radius 3 is 2.30 bits per heavy atom. The summed E-state index contributed by atoms with van der Waals surface area (Å²) in [6, 6.07) is 8.33. The van der Waals surface area contributed by atoms with Crippen molar-refractivity contribution in [2.45, 2.75) is 39.5 Å². The molecule has 1 aromatic heterocycles. The van der Waals surface area contributed by atoms with Crippen LogP contribution in [0.4, 0.5) is 0 Å². The van der Waals surface area contributed by atoms with Crippen molar-refractivity contribution < 1.29 is 0 Å². The van der Waals surface area contributed by atoms with Crippen molar-refractivity contribution in [3.8, 4) is 0 Å². The summed E-state index contributed by atoms with van der Waals surface area (Å²) in [7, 11) is 1.80. The Morgan fingerprint density at radius 1 is 1.15 bits per heavy atom. The summed E-state index contributed by atoms with van der Waals surface area (Å²) in [5.74, 6) is 0.798. The Kier molecular flexibility index (Phi) is 3.80. The number of aryl methyl sites for hydroxylation is 1. The van der Waals surface area contributed by atoms with Crippen molar-refractivity contribution in [3.63, 3.8) is 0 Å². The first kappa shape index (κ1) is 14.5. The highest BCUT2D eigenvalue weighted by atomic mass is 16.1. The second kappa shape index (κ2) is 5.23. The van der Waals surface area contributed by atoms with Crippen molar-refractivity contribution in [2.24, 2.45) is 7.05 Å². The molecule has 0 spiro atoms.